The fourth-order valence-corrected chi connectivity index (χ4v) is 2.59. The Kier molecular flexibility index (Phi) is 8.44. The van der Waals surface area contributed by atoms with Gasteiger partial charge in [0.25, 0.3) is 5.91 Å². The number of fused-ring (bicyclic) bond motifs is 1. The molecule has 1 aromatic heterocycles. The number of carboxylic acid groups (broad SMARTS) is 2. The van der Waals surface area contributed by atoms with E-state index in [1.807, 2.05) is 24.1 Å². The number of pyridine rings is 1. The molecule has 2 heterocycles. The SMILES string of the molecule is CN(C)CCC1Cc2ncccc2C(=O)N(C)C1.O=C(O)C=CC(=O)O. The number of hydrogen-bond acceptors (Lipinski definition) is 5. The van der Waals surface area contributed by atoms with Gasteiger partial charge in [-0.2, -0.15) is 0 Å². The molecule has 1 amide bonds. The van der Waals surface area contributed by atoms with Gasteiger partial charge in [-0.3, -0.25) is 9.78 Å². The minimum Gasteiger partial charge on any atom is -0.478 e. The number of amides is 1. The summed E-state index contributed by atoms with van der Waals surface area (Å²) in [6.45, 7) is 1.87. The summed E-state index contributed by atoms with van der Waals surface area (Å²) in [6.07, 6.45) is 4.89. The summed E-state index contributed by atoms with van der Waals surface area (Å²) in [7, 11) is 6.04. The molecule has 0 bridgehead atoms. The molecule has 0 saturated heterocycles. The molecule has 0 aromatic carbocycles. The predicted octanol–water partition coefficient (Wildman–Crippen LogP) is 0.989. The van der Waals surface area contributed by atoms with E-state index in [1.165, 1.54) is 0 Å². The quantitative estimate of drug-likeness (QED) is 0.750. The van der Waals surface area contributed by atoms with Crippen LogP contribution in [0.4, 0.5) is 0 Å². The van der Waals surface area contributed by atoms with Gasteiger partial charge in [-0.05, 0) is 51.5 Å². The number of nitrogens with zero attached hydrogens (tertiary/aromatic N) is 3. The fourth-order valence-electron chi connectivity index (χ4n) is 2.59. The highest BCUT2D eigenvalue weighted by Gasteiger charge is 2.25. The summed E-state index contributed by atoms with van der Waals surface area (Å²) in [6, 6.07) is 3.72. The van der Waals surface area contributed by atoms with E-state index in [0.717, 1.165) is 37.2 Å². The maximum Gasteiger partial charge on any atom is 0.328 e. The van der Waals surface area contributed by atoms with E-state index >= 15 is 0 Å². The van der Waals surface area contributed by atoms with Crippen molar-refractivity contribution < 1.29 is 24.6 Å². The Balaban J connectivity index is 0.000000359. The van der Waals surface area contributed by atoms with Gasteiger partial charge in [-0.15, -0.1) is 0 Å². The number of carboxylic acids is 2. The average molecular weight is 363 g/mol. The first-order valence-corrected chi connectivity index (χ1v) is 8.18. The zero-order valence-electron chi connectivity index (χ0n) is 15.3. The van der Waals surface area contributed by atoms with Crippen LogP contribution < -0.4 is 0 Å². The van der Waals surface area contributed by atoms with E-state index in [-0.39, 0.29) is 5.91 Å². The smallest absolute Gasteiger partial charge is 0.328 e. The first kappa shape index (κ1) is 21.3. The lowest BCUT2D eigenvalue weighted by Crippen LogP contribution is -2.31. The molecule has 26 heavy (non-hydrogen) atoms. The molecule has 8 nitrogen and oxygen atoms in total. The summed E-state index contributed by atoms with van der Waals surface area (Å²) >= 11 is 0. The normalized spacial score (nSPS) is 16.7. The lowest BCUT2D eigenvalue weighted by Gasteiger charge is -2.21. The lowest BCUT2D eigenvalue weighted by atomic mass is 9.98. The number of aromatic nitrogens is 1. The molecule has 0 aliphatic carbocycles. The van der Waals surface area contributed by atoms with E-state index < -0.39 is 11.9 Å². The van der Waals surface area contributed by atoms with Gasteiger partial charge in [0.1, 0.15) is 0 Å². The highest BCUT2D eigenvalue weighted by Crippen LogP contribution is 2.21. The van der Waals surface area contributed by atoms with Crippen LogP contribution in [0, 0.1) is 5.92 Å². The van der Waals surface area contributed by atoms with Crippen molar-refractivity contribution in [3.05, 3.63) is 41.7 Å². The number of carbonyl (C=O) groups is 3. The van der Waals surface area contributed by atoms with Gasteiger partial charge in [-0.1, -0.05) is 0 Å². The van der Waals surface area contributed by atoms with Crippen molar-refractivity contribution in [2.75, 3.05) is 34.2 Å². The first-order valence-electron chi connectivity index (χ1n) is 8.18. The van der Waals surface area contributed by atoms with Gasteiger partial charge in [0.15, 0.2) is 0 Å². The standard InChI is InChI=1S/C14H21N3O.C4H4O4/c1-16(2)8-6-11-9-13-12(5-4-7-15-13)14(18)17(3)10-11;5-3(6)1-2-4(7)8/h4-5,7,11H,6,8-10H2,1-3H3;1-2H,(H,5,6)(H,7,8). The molecule has 1 unspecified atom stereocenters. The maximum absolute atomic E-state index is 12.2. The second-order valence-corrected chi connectivity index (χ2v) is 6.36. The zero-order chi connectivity index (χ0) is 19.7. The number of hydrogen-bond donors (Lipinski definition) is 2. The summed E-state index contributed by atoms with van der Waals surface area (Å²) < 4.78 is 0. The van der Waals surface area contributed by atoms with Crippen molar-refractivity contribution in [2.24, 2.45) is 5.92 Å². The number of carbonyl (C=O) groups excluding carboxylic acids is 1. The van der Waals surface area contributed by atoms with E-state index in [4.69, 9.17) is 10.2 Å². The van der Waals surface area contributed by atoms with Crippen LogP contribution in [0.1, 0.15) is 22.5 Å². The fraction of sp³-hybridized carbons (Fsp3) is 0.444. The van der Waals surface area contributed by atoms with Crippen molar-refractivity contribution in [3.63, 3.8) is 0 Å². The first-order chi connectivity index (χ1) is 12.2. The topological polar surface area (TPSA) is 111 Å². The van der Waals surface area contributed by atoms with Crippen LogP contribution in [0.3, 0.4) is 0 Å². The molecule has 1 atom stereocenters. The Morgan fingerprint density at radius 2 is 1.92 bits per heavy atom. The van der Waals surface area contributed by atoms with Crippen LogP contribution in [0.2, 0.25) is 0 Å². The van der Waals surface area contributed by atoms with Crippen LogP contribution >= 0.6 is 0 Å². The van der Waals surface area contributed by atoms with Crippen LogP contribution in [0.25, 0.3) is 0 Å². The molecule has 0 fully saturated rings. The van der Waals surface area contributed by atoms with Crippen molar-refractivity contribution in [1.82, 2.24) is 14.8 Å². The van der Waals surface area contributed by atoms with Gasteiger partial charge in [0, 0.05) is 31.9 Å². The van der Waals surface area contributed by atoms with Crippen LogP contribution in [0.15, 0.2) is 30.5 Å². The third-order valence-electron chi connectivity index (χ3n) is 3.83. The molecule has 2 rings (SSSR count). The number of rotatable bonds is 5. The van der Waals surface area contributed by atoms with Crippen LogP contribution in [-0.4, -0.2) is 77.1 Å². The molecule has 1 aromatic rings. The molecule has 142 valence electrons. The van der Waals surface area contributed by atoms with Gasteiger partial charge in [0.05, 0.1) is 11.3 Å². The van der Waals surface area contributed by atoms with E-state index in [0.29, 0.717) is 18.1 Å². The second-order valence-electron chi connectivity index (χ2n) is 6.36. The minimum absolute atomic E-state index is 0.102. The van der Waals surface area contributed by atoms with Gasteiger partial charge >= 0.3 is 11.9 Å². The van der Waals surface area contributed by atoms with Crippen LogP contribution in [-0.2, 0) is 16.0 Å². The Morgan fingerprint density at radius 3 is 2.46 bits per heavy atom. The summed E-state index contributed by atoms with van der Waals surface area (Å²) in [4.78, 5) is 39.7. The lowest BCUT2D eigenvalue weighted by molar-refractivity contribution is -0.134. The van der Waals surface area contributed by atoms with E-state index in [2.05, 4.69) is 24.0 Å². The van der Waals surface area contributed by atoms with E-state index in [9.17, 15) is 14.4 Å². The highest BCUT2D eigenvalue weighted by atomic mass is 16.4. The Bertz CT molecular complexity index is 657. The second kappa shape index (κ2) is 10.3. The Labute approximate surface area is 152 Å². The summed E-state index contributed by atoms with van der Waals surface area (Å²) in [5, 5.41) is 15.6. The maximum atomic E-state index is 12.2. The largest absolute Gasteiger partial charge is 0.478 e. The van der Waals surface area contributed by atoms with Crippen LogP contribution in [0.5, 0.6) is 0 Å². The molecule has 1 aliphatic rings. The minimum atomic E-state index is -1.26. The molecular weight excluding hydrogens is 338 g/mol. The van der Waals surface area contributed by atoms with Gasteiger partial charge < -0.3 is 20.0 Å². The molecule has 0 radical (unpaired) electrons. The Morgan fingerprint density at radius 1 is 1.31 bits per heavy atom. The zero-order valence-corrected chi connectivity index (χ0v) is 15.3. The molecule has 0 saturated carbocycles. The summed E-state index contributed by atoms with van der Waals surface area (Å²) in [5.41, 5.74) is 1.72. The molecular formula is C18H25N3O5. The van der Waals surface area contributed by atoms with Gasteiger partial charge in [0.2, 0.25) is 0 Å². The Hall–Kier alpha value is -2.74. The summed E-state index contributed by atoms with van der Waals surface area (Å²) in [5.74, 6) is -1.91. The van der Waals surface area contributed by atoms with Crippen molar-refractivity contribution in [1.29, 1.82) is 0 Å². The highest BCUT2D eigenvalue weighted by molar-refractivity contribution is 5.95. The third kappa shape index (κ3) is 7.43. The molecule has 1 aliphatic heterocycles. The monoisotopic (exact) mass is 363 g/mol. The molecule has 0 spiro atoms. The average Bonchev–Trinajstić information content (AvgIpc) is 2.69. The molecule has 8 heteroatoms. The van der Waals surface area contributed by atoms with Crippen molar-refractivity contribution in [3.8, 4) is 0 Å². The van der Waals surface area contributed by atoms with Gasteiger partial charge in [-0.25, -0.2) is 9.59 Å². The van der Waals surface area contributed by atoms with Crippen molar-refractivity contribution in [2.45, 2.75) is 12.8 Å². The van der Waals surface area contributed by atoms with E-state index in [1.54, 1.807) is 6.20 Å². The molecule has 2 N–H and O–H groups in total. The third-order valence-corrected chi connectivity index (χ3v) is 3.83. The predicted molar refractivity (Wildman–Crippen MR) is 96.0 cm³/mol. The number of aliphatic carboxylic acids is 2. The van der Waals surface area contributed by atoms with Crippen molar-refractivity contribution >= 4 is 17.8 Å².